The molecule has 2 atom stereocenters. The smallest absolute Gasteiger partial charge is 0.394 e. The van der Waals surface area contributed by atoms with Crippen molar-refractivity contribution in [3.63, 3.8) is 0 Å². The van der Waals surface area contributed by atoms with Gasteiger partial charge in [-0.1, -0.05) is 0 Å². The molecule has 1 heterocycles. The monoisotopic (exact) mass is 243 g/mol. The Kier molecular flexibility index (Phi) is 3.66. The second kappa shape index (κ2) is 4.44. The second-order valence-corrected chi connectivity index (χ2v) is 3.65. The van der Waals surface area contributed by atoms with Crippen molar-refractivity contribution in [2.24, 2.45) is 0 Å². The first-order chi connectivity index (χ1) is 6.86. The fraction of sp³-hybridized carbons (Fsp3) is 0.571. The van der Waals surface area contributed by atoms with Crippen LogP contribution in [0.2, 0.25) is 0 Å². The molecule has 0 fully saturated rings. The lowest BCUT2D eigenvalue weighted by molar-refractivity contribution is -0.141. The van der Waals surface area contributed by atoms with E-state index in [0.717, 1.165) is 5.38 Å². The van der Waals surface area contributed by atoms with Crippen molar-refractivity contribution >= 4 is 11.3 Å². The van der Waals surface area contributed by atoms with Gasteiger partial charge in [0.1, 0.15) is 17.2 Å². The van der Waals surface area contributed by atoms with E-state index in [1.807, 2.05) is 0 Å². The molecule has 0 aliphatic carbocycles. The summed E-state index contributed by atoms with van der Waals surface area (Å²) in [5.74, 6) is 0. The van der Waals surface area contributed by atoms with Crippen LogP contribution in [0, 0.1) is 0 Å². The van der Waals surface area contributed by atoms with E-state index >= 15 is 0 Å². The van der Waals surface area contributed by atoms with E-state index < -0.39 is 30.7 Å². The second-order valence-electron chi connectivity index (χ2n) is 2.76. The Morgan fingerprint density at radius 2 is 2.00 bits per heavy atom. The van der Waals surface area contributed by atoms with Gasteiger partial charge in [-0.3, -0.25) is 0 Å². The van der Waals surface area contributed by atoms with Gasteiger partial charge in [0.2, 0.25) is 0 Å². The van der Waals surface area contributed by atoms with Crippen LogP contribution in [0.3, 0.4) is 0 Å². The molecular formula is C7H8F3NO3S. The molecule has 86 valence electrons. The van der Waals surface area contributed by atoms with E-state index in [2.05, 4.69) is 4.98 Å². The molecule has 0 aliphatic heterocycles. The number of nitrogens with zero attached hydrogens (tertiary/aromatic N) is 1. The van der Waals surface area contributed by atoms with Gasteiger partial charge in [0.25, 0.3) is 0 Å². The van der Waals surface area contributed by atoms with Gasteiger partial charge in [0.15, 0.2) is 5.69 Å². The van der Waals surface area contributed by atoms with Gasteiger partial charge in [-0.25, -0.2) is 4.98 Å². The molecular weight excluding hydrogens is 235 g/mol. The first kappa shape index (κ1) is 12.4. The zero-order valence-electron chi connectivity index (χ0n) is 7.27. The maximum atomic E-state index is 12.1. The predicted octanol–water partition coefficient (Wildman–Crippen LogP) is 0.549. The highest BCUT2D eigenvalue weighted by atomic mass is 32.1. The van der Waals surface area contributed by atoms with Crippen molar-refractivity contribution in [3.8, 4) is 0 Å². The van der Waals surface area contributed by atoms with Crippen LogP contribution in [-0.2, 0) is 6.18 Å². The highest BCUT2D eigenvalue weighted by molar-refractivity contribution is 7.09. The Morgan fingerprint density at radius 1 is 1.40 bits per heavy atom. The number of rotatable bonds is 3. The van der Waals surface area contributed by atoms with E-state index in [1.54, 1.807) is 0 Å². The van der Waals surface area contributed by atoms with Crippen molar-refractivity contribution in [1.29, 1.82) is 0 Å². The van der Waals surface area contributed by atoms with Crippen LogP contribution in [0.4, 0.5) is 13.2 Å². The average Bonchev–Trinajstić information content (AvgIpc) is 2.63. The van der Waals surface area contributed by atoms with Crippen LogP contribution in [-0.4, -0.2) is 33.0 Å². The fourth-order valence-electron chi connectivity index (χ4n) is 0.818. The number of aliphatic hydroxyl groups is 3. The third kappa shape index (κ3) is 2.88. The molecule has 1 rings (SSSR count). The molecule has 1 aromatic heterocycles. The summed E-state index contributed by atoms with van der Waals surface area (Å²) in [7, 11) is 0. The maximum absolute atomic E-state index is 12.1. The third-order valence-corrected chi connectivity index (χ3v) is 2.53. The zero-order chi connectivity index (χ0) is 11.6. The molecule has 4 nitrogen and oxygen atoms in total. The number of aromatic nitrogens is 1. The number of aliphatic hydroxyl groups excluding tert-OH is 3. The quantitative estimate of drug-likeness (QED) is 0.724. The Morgan fingerprint density at radius 3 is 2.40 bits per heavy atom. The van der Waals surface area contributed by atoms with Gasteiger partial charge in [0, 0.05) is 5.38 Å². The lowest BCUT2D eigenvalue weighted by atomic mass is 10.2. The summed E-state index contributed by atoms with van der Waals surface area (Å²) >= 11 is 0.576. The Labute approximate surface area is 86.6 Å². The van der Waals surface area contributed by atoms with Gasteiger partial charge in [0.05, 0.1) is 6.61 Å². The van der Waals surface area contributed by atoms with Crippen LogP contribution in [0.25, 0.3) is 0 Å². The van der Waals surface area contributed by atoms with E-state index in [1.165, 1.54) is 0 Å². The zero-order valence-corrected chi connectivity index (χ0v) is 8.09. The standard InChI is InChI=1S/C7H8F3NO3S/c8-7(9,10)4-2-15-6(11-4)5(14)3(13)1-12/h2-3,5,12-14H,1H2. The van der Waals surface area contributed by atoms with Gasteiger partial charge in [-0.15, -0.1) is 11.3 Å². The van der Waals surface area contributed by atoms with E-state index in [4.69, 9.17) is 10.2 Å². The average molecular weight is 243 g/mol. The van der Waals surface area contributed by atoms with E-state index in [9.17, 15) is 18.3 Å². The van der Waals surface area contributed by atoms with Crippen molar-refractivity contribution in [2.45, 2.75) is 18.4 Å². The summed E-state index contributed by atoms with van der Waals surface area (Å²) in [4.78, 5) is 3.12. The van der Waals surface area contributed by atoms with Gasteiger partial charge in [-0.05, 0) is 0 Å². The molecule has 0 bridgehead atoms. The summed E-state index contributed by atoms with van der Waals surface area (Å²) in [6.45, 7) is -0.748. The minimum absolute atomic E-state index is 0.274. The lowest BCUT2D eigenvalue weighted by Crippen LogP contribution is -2.22. The molecule has 1 aromatic rings. The molecule has 8 heteroatoms. The van der Waals surface area contributed by atoms with E-state index in [0.29, 0.717) is 11.3 Å². The number of alkyl halides is 3. The third-order valence-electron chi connectivity index (χ3n) is 1.62. The van der Waals surface area contributed by atoms with Gasteiger partial charge < -0.3 is 15.3 Å². The predicted molar refractivity (Wildman–Crippen MR) is 45.2 cm³/mol. The minimum Gasteiger partial charge on any atom is -0.394 e. The molecule has 2 unspecified atom stereocenters. The summed E-state index contributed by atoms with van der Waals surface area (Å²) in [5.41, 5.74) is -1.12. The topological polar surface area (TPSA) is 73.6 Å². The number of halogens is 3. The van der Waals surface area contributed by atoms with Crippen LogP contribution in [0.1, 0.15) is 16.8 Å². The lowest BCUT2D eigenvalue weighted by Gasteiger charge is -2.12. The van der Waals surface area contributed by atoms with Crippen molar-refractivity contribution in [3.05, 3.63) is 16.1 Å². The highest BCUT2D eigenvalue weighted by Gasteiger charge is 2.35. The van der Waals surface area contributed by atoms with Crippen molar-refractivity contribution in [1.82, 2.24) is 4.98 Å². The molecule has 0 saturated heterocycles. The molecule has 0 spiro atoms. The molecule has 0 aromatic carbocycles. The van der Waals surface area contributed by atoms with Crippen LogP contribution in [0.5, 0.6) is 0 Å². The Balaban J connectivity index is 2.85. The molecule has 3 N–H and O–H groups in total. The van der Waals surface area contributed by atoms with Crippen LogP contribution < -0.4 is 0 Å². The van der Waals surface area contributed by atoms with Crippen molar-refractivity contribution < 1.29 is 28.5 Å². The maximum Gasteiger partial charge on any atom is 0.434 e. The molecule has 0 radical (unpaired) electrons. The molecule has 0 saturated carbocycles. The van der Waals surface area contributed by atoms with Crippen LogP contribution >= 0.6 is 11.3 Å². The Bertz CT molecular complexity index is 328. The number of hydrogen-bond donors (Lipinski definition) is 3. The van der Waals surface area contributed by atoms with Crippen LogP contribution in [0.15, 0.2) is 5.38 Å². The minimum atomic E-state index is -4.57. The van der Waals surface area contributed by atoms with Gasteiger partial charge in [-0.2, -0.15) is 13.2 Å². The first-order valence-electron chi connectivity index (χ1n) is 3.86. The molecule has 0 amide bonds. The van der Waals surface area contributed by atoms with Gasteiger partial charge >= 0.3 is 6.18 Å². The van der Waals surface area contributed by atoms with E-state index in [-0.39, 0.29) is 5.01 Å². The largest absolute Gasteiger partial charge is 0.434 e. The fourth-order valence-corrected chi connectivity index (χ4v) is 1.68. The molecule has 15 heavy (non-hydrogen) atoms. The highest BCUT2D eigenvalue weighted by Crippen LogP contribution is 2.32. The summed E-state index contributed by atoms with van der Waals surface area (Å²) in [5, 5.41) is 27.2. The normalized spacial score (nSPS) is 16.4. The summed E-state index contributed by atoms with van der Waals surface area (Å²) in [6, 6.07) is 0. The summed E-state index contributed by atoms with van der Waals surface area (Å²) < 4.78 is 36.3. The van der Waals surface area contributed by atoms with Crippen molar-refractivity contribution in [2.75, 3.05) is 6.61 Å². The summed E-state index contributed by atoms with van der Waals surface area (Å²) in [6.07, 6.45) is -7.70. The SMILES string of the molecule is OCC(O)C(O)c1nc(C(F)(F)F)cs1. The number of hydrogen-bond acceptors (Lipinski definition) is 5. The number of thiazole rings is 1. The Hall–Kier alpha value is -0.700. The first-order valence-corrected chi connectivity index (χ1v) is 4.74. The molecule has 0 aliphatic rings.